The number of nitrogens with two attached hydrogens (primary N) is 1. The largest absolute Gasteiger partial charge is 0.335 e. The Morgan fingerprint density at radius 3 is 2.69 bits per heavy atom. The lowest BCUT2D eigenvalue weighted by molar-refractivity contribution is 0.485. The molecule has 1 aromatic heterocycles. The smallest absolute Gasteiger partial charge is 0.101 e. The quantitative estimate of drug-likeness (QED) is 0.771. The third-order valence-electron chi connectivity index (χ3n) is 2.95. The van der Waals surface area contributed by atoms with Gasteiger partial charge in [-0.25, -0.2) is 4.98 Å². The SMILES string of the molecule is Cc1ncn(CCCCC(C)(N)C#N)c1C. The van der Waals surface area contributed by atoms with Gasteiger partial charge in [0.05, 0.1) is 18.1 Å². The molecule has 0 aliphatic rings. The van der Waals surface area contributed by atoms with E-state index in [1.54, 1.807) is 6.92 Å². The second-order valence-electron chi connectivity index (χ2n) is 4.60. The van der Waals surface area contributed by atoms with E-state index in [0.29, 0.717) is 0 Å². The van der Waals surface area contributed by atoms with Crippen molar-refractivity contribution >= 4 is 0 Å². The van der Waals surface area contributed by atoms with E-state index in [0.717, 1.165) is 31.5 Å². The van der Waals surface area contributed by atoms with E-state index in [4.69, 9.17) is 11.0 Å². The summed E-state index contributed by atoms with van der Waals surface area (Å²) < 4.78 is 2.15. The predicted molar refractivity (Wildman–Crippen MR) is 63.8 cm³/mol. The van der Waals surface area contributed by atoms with Crippen LogP contribution >= 0.6 is 0 Å². The number of imidazole rings is 1. The minimum Gasteiger partial charge on any atom is -0.335 e. The van der Waals surface area contributed by atoms with Crippen LogP contribution in [0.1, 0.15) is 37.6 Å². The lowest BCUT2D eigenvalue weighted by Gasteiger charge is -2.14. The topological polar surface area (TPSA) is 67.6 Å². The van der Waals surface area contributed by atoms with Crippen LogP contribution in [0.15, 0.2) is 6.33 Å². The normalized spacial score (nSPS) is 14.4. The number of unbranched alkanes of at least 4 members (excludes halogenated alkanes) is 1. The Morgan fingerprint density at radius 2 is 2.19 bits per heavy atom. The highest BCUT2D eigenvalue weighted by Gasteiger charge is 2.15. The first-order chi connectivity index (χ1) is 7.46. The molecule has 16 heavy (non-hydrogen) atoms. The van der Waals surface area contributed by atoms with E-state index in [1.165, 1.54) is 5.69 Å². The van der Waals surface area contributed by atoms with Gasteiger partial charge in [0.2, 0.25) is 0 Å². The number of hydrogen-bond donors (Lipinski definition) is 1. The van der Waals surface area contributed by atoms with Gasteiger partial charge >= 0.3 is 0 Å². The van der Waals surface area contributed by atoms with Crippen LogP contribution in [0, 0.1) is 25.2 Å². The summed E-state index contributed by atoms with van der Waals surface area (Å²) in [4.78, 5) is 4.25. The molecule has 0 amide bonds. The summed E-state index contributed by atoms with van der Waals surface area (Å²) in [5, 5.41) is 8.77. The van der Waals surface area contributed by atoms with E-state index in [2.05, 4.69) is 22.5 Å². The Labute approximate surface area is 97.1 Å². The van der Waals surface area contributed by atoms with Crippen LogP contribution in [-0.4, -0.2) is 15.1 Å². The Morgan fingerprint density at radius 1 is 1.50 bits per heavy atom. The fourth-order valence-electron chi connectivity index (χ4n) is 1.60. The third-order valence-corrected chi connectivity index (χ3v) is 2.95. The van der Waals surface area contributed by atoms with Crippen molar-refractivity contribution in [2.24, 2.45) is 5.73 Å². The minimum absolute atomic E-state index is 0.681. The number of aromatic nitrogens is 2. The van der Waals surface area contributed by atoms with Gasteiger partial charge < -0.3 is 10.3 Å². The molecule has 88 valence electrons. The van der Waals surface area contributed by atoms with E-state index in [9.17, 15) is 0 Å². The van der Waals surface area contributed by atoms with E-state index in [1.807, 2.05) is 13.3 Å². The fourth-order valence-corrected chi connectivity index (χ4v) is 1.60. The second-order valence-corrected chi connectivity index (χ2v) is 4.60. The van der Waals surface area contributed by atoms with E-state index < -0.39 is 5.54 Å². The summed E-state index contributed by atoms with van der Waals surface area (Å²) in [6, 6.07) is 2.11. The second kappa shape index (κ2) is 5.13. The van der Waals surface area contributed by atoms with E-state index in [-0.39, 0.29) is 0 Å². The van der Waals surface area contributed by atoms with Gasteiger partial charge in [-0.2, -0.15) is 5.26 Å². The lowest BCUT2D eigenvalue weighted by atomic mass is 9.98. The molecule has 4 heteroatoms. The number of nitriles is 1. The van der Waals surface area contributed by atoms with Crippen molar-refractivity contribution in [1.29, 1.82) is 5.26 Å². The molecule has 0 aromatic carbocycles. The Kier molecular flexibility index (Phi) is 4.08. The zero-order valence-electron chi connectivity index (χ0n) is 10.3. The van der Waals surface area contributed by atoms with Gasteiger partial charge in [0.25, 0.3) is 0 Å². The highest BCUT2D eigenvalue weighted by molar-refractivity contribution is 5.08. The summed E-state index contributed by atoms with van der Waals surface area (Å²) in [7, 11) is 0. The van der Waals surface area contributed by atoms with Crippen molar-refractivity contribution in [2.45, 2.75) is 52.1 Å². The molecule has 0 aliphatic heterocycles. The molecule has 4 nitrogen and oxygen atoms in total. The molecule has 2 N–H and O–H groups in total. The molecular formula is C12H20N4. The molecule has 0 bridgehead atoms. The monoisotopic (exact) mass is 220 g/mol. The molecule has 0 spiro atoms. The molecule has 1 atom stereocenters. The third kappa shape index (κ3) is 3.35. The average Bonchev–Trinajstić information content (AvgIpc) is 2.56. The van der Waals surface area contributed by atoms with Crippen LogP contribution in [0.3, 0.4) is 0 Å². The summed E-state index contributed by atoms with van der Waals surface area (Å²) in [6.07, 6.45) is 4.62. The summed E-state index contributed by atoms with van der Waals surface area (Å²) in [5.74, 6) is 0. The van der Waals surface area contributed by atoms with Crippen molar-refractivity contribution < 1.29 is 0 Å². The van der Waals surface area contributed by atoms with Crippen LogP contribution in [-0.2, 0) is 6.54 Å². The summed E-state index contributed by atoms with van der Waals surface area (Å²) >= 11 is 0. The highest BCUT2D eigenvalue weighted by Crippen LogP contribution is 2.11. The van der Waals surface area contributed by atoms with E-state index >= 15 is 0 Å². The van der Waals surface area contributed by atoms with Gasteiger partial charge in [0, 0.05) is 12.2 Å². The molecule has 0 saturated heterocycles. The first-order valence-corrected chi connectivity index (χ1v) is 5.65. The molecule has 1 heterocycles. The summed E-state index contributed by atoms with van der Waals surface area (Å²) in [6.45, 7) is 6.82. The molecule has 0 aliphatic carbocycles. The van der Waals surface area contributed by atoms with Crippen LogP contribution in [0.25, 0.3) is 0 Å². The van der Waals surface area contributed by atoms with Gasteiger partial charge in [0.1, 0.15) is 5.54 Å². The van der Waals surface area contributed by atoms with Crippen LogP contribution < -0.4 is 5.73 Å². The van der Waals surface area contributed by atoms with Crippen molar-refractivity contribution in [2.75, 3.05) is 0 Å². The van der Waals surface area contributed by atoms with Gasteiger partial charge in [-0.05, 0) is 40.0 Å². The molecule has 0 radical (unpaired) electrons. The predicted octanol–water partition coefficient (Wildman–Crippen LogP) is 1.91. The minimum atomic E-state index is -0.681. The maximum Gasteiger partial charge on any atom is 0.101 e. The first kappa shape index (κ1) is 12.7. The van der Waals surface area contributed by atoms with Crippen molar-refractivity contribution in [3.8, 4) is 6.07 Å². The van der Waals surface area contributed by atoms with Gasteiger partial charge in [-0.15, -0.1) is 0 Å². The maximum atomic E-state index is 8.77. The maximum absolute atomic E-state index is 8.77. The highest BCUT2D eigenvalue weighted by atomic mass is 15.0. The number of rotatable bonds is 5. The Bertz CT molecular complexity index is 384. The van der Waals surface area contributed by atoms with Crippen molar-refractivity contribution in [3.63, 3.8) is 0 Å². The Balaban J connectivity index is 2.32. The molecule has 1 aromatic rings. The lowest BCUT2D eigenvalue weighted by Crippen LogP contribution is -2.33. The standard InChI is InChI=1S/C12H20N4/c1-10-11(2)16(9-15-10)7-5-4-6-12(3,14)8-13/h9H,4-7,14H2,1-3H3. The molecule has 0 fully saturated rings. The average molecular weight is 220 g/mol. The molecular weight excluding hydrogens is 200 g/mol. The van der Waals surface area contributed by atoms with Crippen molar-refractivity contribution in [1.82, 2.24) is 9.55 Å². The molecule has 1 rings (SSSR count). The molecule has 1 unspecified atom stereocenters. The van der Waals surface area contributed by atoms with Gasteiger partial charge in [0.15, 0.2) is 0 Å². The summed E-state index contributed by atoms with van der Waals surface area (Å²) in [5.41, 5.74) is 7.37. The number of nitrogens with zero attached hydrogens (tertiary/aromatic N) is 3. The van der Waals surface area contributed by atoms with Gasteiger partial charge in [-0.1, -0.05) is 0 Å². The number of hydrogen-bond acceptors (Lipinski definition) is 3. The van der Waals surface area contributed by atoms with Crippen LogP contribution in [0.5, 0.6) is 0 Å². The van der Waals surface area contributed by atoms with Crippen LogP contribution in [0.2, 0.25) is 0 Å². The van der Waals surface area contributed by atoms with Gasteiger partial charge in [-0.3, -0.25) is 0 Å². The zero-order valence-corrected chi connectivity index (χ0v) is 10.3. The van der Waals surface area contributed by atoms with Crippen molar-refractivity contribution in [3.05, 3.63) is 17.7 Å². The zero-order chi connectivity index (χ0) is 12.2. The molecule has 0 saturated carbocycles. The fraction of sp³-hybridized carbons (Fsp3) is 0.667. The number of aryl methyl sites for hydroxylation is 2. The Hall–Kier alpha value is -1.34. The van der Waals surface area contributed by atoms with Crippen LogP contribution in [0.4, 0.5) is 0 Å². The first-order valence-electron chi connectivity index (χ1n) is 5.65.